The SMILES string of the molecule is O=C(CC(=O)N1CC[CH]CC1)NCCO. The monoisotopic (exact) mass is 213 g/mol. The average Bonchev–Trinajstić information content (AvgIpc) is 2.27. The summed E-state index contributed by atoms with van der Waals surface area (Å²) in [5, 5.41) is 10.9. The van der Waals surface area contributed by atoms with Crippen molar-refractivity contribution in [2.45, 2.75) is 19.3 Å². The number of aliphatic hydroxyl groups is 1. The maximum atomic E-state index is 11.6. The first-order valence-corrected chi connectivity index (χ1v) is 5.21. The van der Waals surface area contributed by atoms with Crippen LogP contribution in [0.3, 0.4) is 0 Å². The average molecular weight is 213 g/mol. The summed E-state index contributed by atoms with van der Waals surface area (Å²) in [4.78, 5) is 24.4. The second kappa shape index (κ2) is 6.40. The topological polar surface area (TPSA) is 69.6 Å². The molecule has 1 rings (SSSR count). The Bertz CT molecular complexity index is 225. The van der Waals surface area contributed by atoms with E-state index in [2.05, 4.69) is 11.7 Å². The predicted molar refractivity (Wildman–Crippen MR) is 54.8 cm³/mol. The lowest BCUT2D eigenvalue weighted by molar-refractivity contribution is -0.136. The van der Waals surface area contributed by atoms with Crippen molar-refractivity contribution in [2.75, 3.05) is 26.2 Å². The van der Waals surface area contributed by atoms with Crippen LogP contribution in [0, 0.1) is 6.42 Å². The Labute approximate surface area is 89.4 Å². The molecule has 0 aliphatic carbocycles. The quantitative estimate of drug-likeness (QED) is 0.607. The number of hydrogen-bond acceptors (Lipinski definition) is 3. The predicted octanol–water partition coefficient (Wildman–Crippen LogP) is -0.688. The van der Waals surface area contributed by atoms with Crippen molar-refractivity contribution in [3.8, 4) is 0 Å². The third-order valence-corrected chi connectivity index (χ3v) is 2.30. The van der Waals surface area contributed by atoms with E-state index >= 15 is 0 Å². The highest BCUT2D eigenvalue weighted by molar-refractivity contribution is 5.96. The molecule has 15 heavy (non-hydrogen) atoms. The van der Waals surface area contributed by atoms with E-state index in [4.69, 9.17) is 5.11 Å². The van der Waals surface area contributed by atoms with Crippen LogP contribution in [-0.2, 0) is 9.59 Å². The molecule has 1 radical (unpaired) electrons. The minimum atomic E-state index is -0.316. The van der Waals surface area contributed by atoms with Gasteiger partial charge >= 0.3 is 0 Å². The molecule has 2 amide bonds. The molecular formula is C10H17N2O3. The van der Waals surface area contributed by atoms with E-state index in [1.165, 1.54) is 0 Å². The standard InChI is InChI=1S/C10H17N2O3/c13-7-4-11-9(14)8-10(15)12-5-2-1-3-6-12/h1,13H,2-8H2,(H,11,14). The van der Waals surface area contributed by atoms with E-state index in [1.807, 2.05) is 0 Å². The second-order valence-electron chi connectivity index (χ2n) is 3.50. The highest BCUT2D eigenvalue weighted by Crippen LogP contribution is 2.08. The van der Waals surface area contributed by atoms with Gasteiger partial charge in [0.25, 0.3) is 0 Å². The van der Waals surface area contributed by atoms with E-state index < -0.39 is 0 Å². The molecule has 1 aliphatic heterocycles. The highest BCUT2D eigenvalue weighted by atomic mass is 16.3. The zero-order chi connectivity index (χ0) is 11.1. The molecule has 0 bridgehead atoms. The Kier molecular flexibility index (Phi) is 5.10. The van der Waals surface area contributed by atoms with Gasteiger partial charge in [0, 0.05) is 19.6 Å². The van der Waals surface area contributed by atoms with Crippen LogP contribution in [0.1, 0.15) is 19.3 Å². The van der Waals surface area contributed by atoms with Gasteiger partial charge in [-0.3, -0.25) is 9.59 Å². The molecule has 0 aromatic rings. The zero-order valence-corrected chi connectivity index (χ0v) is 8.74. The lowest BCUT2D eigenvalue weighted by Crippen LogP contribution is -2.39. The summed E-state index contributed by atoms with van der Waals surface area (Å²) in [6.07, 6.45) is 3.85. The normalized spacial score (nSPS) is 16.2. The summed E-state index contributed by atoms with van der Waals surface area (Å²) in [6, 6.07) is 0. The van der Waals surface area contributed by atoms with Crippen molar-refractivity contribution in [2.24, 2.45) is 0 Å². The number of hydrogen-bond donors (Lipinski definition) is 2. The maximum absolute atomic E-state index is 11.6. The Morgan fingerprint density at radius 1 is 1.33 bits per heavy atom. The largest absolute Gasteiger partial charge is 0.395 e. The van der Waals surface area contributed by atoms with Gasteiger partial charge in [-0.15, -0.1) is 0 Å². The van der Waals surface area contributed by atoms with Gasteiger partial charge in [0.2, 0.25) is 11.8 Å². The Morgan fingerprint density at radius 3 is 2.60 bits per heavy atom. The second-order valence-corrected chi connectivity index (χ2v) is 3.50. The fourth-order valence-corrected chi connectivity index (χ4v) is 1.51. The van der Waals surface area contributed by atoms with E-state index in [0.29, 0.717) is 13.1 Å². The fraction of sp³-hybridized carbons (Fsp3) is 0.700. The molecule has 2 N–H and O–H groups in total. The molecule has 0 unspecified atom stereocenters. The molecule has 85 valence electrons. The first-order valence-electron chi connectivity index (χ1n) is 5.21. The van der Waals surface area contributed by atoms with Gasteiger partial charge < -0.3 is 15.3 Å². The third-order valence-electron chi connectivity index (χ3n) is 2.30. The first kappa shape index (κ1) is 12.0. The Hall–Kier alpha value is -1.10. The molecule has 1 saturated heterocycles. The molecular weight excluding hydrogens is 196 g/mol. The van der Waals surface area contributed by atoms with Crippen LogP contribution in [0.5, 0.6) is 0 Å². The lowest BCUT2D eigenvalue weighted by atomic mass is 10.1. The van der Waals surface area contributed by atoms with E-state index in [1.54, 1.807) is 4.90 Å². The lowest BCUT2D eigenvalue weighted by Gasteiger charge is -2.26. The number of amides is 2. The molecule has 1 fully saturated rings. The molecule has 5 nitrogen and oxygen atoms in total. The molecule has 0 spiro atoms. The van der Waals surface area contributed by atoms with Crippen molar-refractivity contribution in [1.82, 2.24) is 10.2 Å². The van der Waals surface area contributed by atoms with Gasteiger partial charge in [-0.25, -0.2) is 0 Å². The minimum Gasteiger partial charge on any atom is -0.395 e. The van der Waals surface area contributed by atoms with Crippen molar-refractivity contribution in [3.63, 3.8) is 0 Å². The summed E-state index contributed by atoms with van der Waals surface area (Å²) in [6.45, 7) is 1.54. The summed E-state index contributed by atoms with van der Waals surface area (Å²) in [5.74, 6) is -0.442. The van der Waals surface area contributed by atoms with Gasteiger partial charge in [-0.1, -0.05) is 0 Å². The minimum absolute atomic E-state index is 0.0986. The number of carbonyl (C=O) groups excluding carboxylic acids is 2. The highest BCUT2D eigenvalue weighted by Gasteiger charge is 2.18. The number of carbonyl (C=O) groups is 2. The number of nitrogens with one attached hydrogen (secondary N) is 1. The number of aliphatic hydroxyl groups excluding tert-OH is 1. The van der Waals surface area contributed by atoms with Crippen molar-refractivity contribution < 1.29 is 14.7 Å². The van der Waals surface area contributed by atoms with Gasteiger partial charge in [-0.05, 0) is 19.3 Å². The van der Waals surface area contributed by atoms with Crippen molar-refractivity contribution in [1.29, 1.82) is 0 Å². The van der Waals surface area contributed by atoms with E-state index in [0.717, 1.165) is 12.8 Å². The molecule has 0 aromatic carbocycles. The number of nitrogens with zero attached hydrogens (tertiary/aromatic N) is 1. The summed E-state index contributed by atoms with van der Waals surface area (Å²) in [5.41, 5.74) is 0. The first-order chi connectivity index (χ1) is 7.24. The van der Waals surface area contributed by atoms with Crippen LogP contribution in [0.4, 0.5) is 0 Å². The number of piperidine rings is 1. The summed E-state index contributed by atoms with van der Waals surface area (Å²) < 4.78 is 0. The fourth-order valence-electron chi connectivity index (χ4n) is 1.51. The van der Waals surface area contributed by atoms with Crippen LogP contribution >= 0.6 is 0 Å². The number of rotatable bonds is 4. The van der Waals surface area contributed by atoms with E-state index in [9.17, 15) is 9.59 Å². The molecule has 0 atom stereocenters. The Morgan fingerprint density at radius 2 is 2.00 bits per heavy atom. The van der Waals surface area contributed by atoms with Crippen molar-refractivity contribution in [3.05, 3.63) is 6.42 Å². The maximum Gasteiger partial charge on any atom is 0.232 e. The molecule has 0 saturated carbocycles. The molecule has 0 aromatic heterocycles. The van der Waals surface area contributed by atoms with Gasteiger partial charge in [-0.2, -0.15) is 0 Å². The van der Waals surface area contributed by atoms with Crippen LogP contribution in [0.25, 0.3) is 0 Å². The van der Waals surface area contributed by atoms with Crippen molar-refractivity contribution >= 4 is 11.8 Å². The molecule has 1 aliphatic rings. The van der Waals surface area contributed by atoms with Gasteiger partial charge in [0.1, 0.15) is 6.42 Å². The number of likely N-dealkylation sites (tertiary alicyclic amines) is 1. The smallest absolute Gasteiger partial charge is 0.232 e. The summed E-state index contributed by atoms with van der Waals surface area (Å²) >= 11 is 0. The van der Waals surface area contributed by atoms with Crippen LogP contribution < -0.4 is 5.32 Å². The van der Waals surface area contributed by atoms with Gasteiger partial charge in [0.05, 0.1) is 6.61 Å². The third kappa shape index (κ3) is 4.29. The molecule has 1 heterocycles. The van der Waals surface area contributed by atoms with Crippen LogP contribution in [0.15, 0.2) is 0 Å². The van der Waals surface area contributed by atoms with Crippen LogP contribution in [0.2, 0.25) is 0 Å². The van der Waals surface area contributed by atoms with E-state index in [-0.39, 0.29) is 31.4 Å². The van der Waals surface area contributed by atoms with Gasteiger partial charge in [0.15, 0.2) is 0 Å². The summed E-state index contributed by atoms with van der Waals surface area (Å²) in [7, 11) is 0. The zero-order valence-electron chi connectivity index (χ0n) is 8.74. The Balaban J connectivity index is 2.24. The molecule has 5 heteroatoms. The van der Waals surface area contributed by atoms with Crippen LogP contribution in [-0.4, -0.2) is 48.1 Å².